The Kier molecular flexibility index (Phi) is 21.8. The van der Waals surface area contributed by atoms with E-state index < -0.39 is 37.5 Å². The predicted octanol–water partition coefficient (Wildman–Crippen LogP) is 2.33. The fourth-order valence-corrected chi connectivity index (χ4v) is 10.9. The second kappa shape index (κ2) is 25.9. The maximum atomic E-state index is 14.0. The number of nitrogens with zero attached hydrogens (tertiary/aromatic N) is 2. The zero-order valence-electron chi connectivity index (χ0n) is 40.1. The van der Waals surface area contributed by atoms with E-state index in [2.05, 4.69) is 56.0 Å². The molecule has 18 atom stereocenters. The molecule has 5 rings (SSSR count). The predicted molar refractivity (Wildman–Crippen MR) is 245 cm³/mol. The van der Waals surface area contributed by atoms with Crippen LogP contribution in [0.15, 0.2) is 4.99 Å². The summed E-state index contributed by atoms with van der Waals surface area (Å²) < 4.78 is 30.9. The van der Waals surface area contributed by atoms with E-state index in [1.807, 2.05) is 27.7 Å². The van der Waals surface area contributed by atoms with Crippen LogP contribution in [-0.4, -0.2) is 158 Å². The minimum atomic E-state index is -1.16. The molecule has 18 unspecified atom stereocenters. The summed E-state index contributed by atoms with van der Waals surface area (Å²) in [6.45, 7) is 17.9. The number of fused-ring (bicyclic) bond motifs is 1. The highest BCUT2D eigenvalue weighted by Gasteiger charge is 2.43. The summed E-state index contributed by atoms with van der Waals surface area (Å²) in [4.78, 5) is 7.32. The van der Waals surface area contributed by atoms with Crippen LogP contribution >= 0.6 is 0 Å². The molecule has 5 aliphatic rings. The van der Waals surface area contributed by atoms with Crippen molar-refractivity contribution in [2.45, 2.75) is 199 Å². The Morgan fingerprint density at radius 1 is 0.841 bits per heavy atom. The van der Waals surface area contributed by atoms with Crippen molar-refractivity contribution in [3.63, 3.8) is 0 Å². The highest BCUT2D eigenvalue weighted by molar-refractivity contribution is 5.90. The van der Waals surface area contributed by atoms with E-state index in [0.29, 0.717) is 55.3 Å². The molecule has 0 aromatic carbocycles. The fraction of sp³-hybridized carbons (Fsp3) is 0.978. The van der Waals surface area contributed by atoms with Gasteiger partial charge in [0.05, 0.1) is 31.0 Å². The van der Waals surface area contributed by atoms with Crippen molar-refractivity contribution in [1.29, 1.82) is 0 Å². The number of hydrogen-bond acceptors (Lipinski definition) is 16. The average molecular weight is 900 g/mol. The van der Waals surface area contributed by atoms with E-state index in [9.17, 15) is 24.8 Å². The van der Waals surface area contributed by atoms with Gasteiger partial charge in [-0.15, -0.1) is 0 Å². The van der Waals surface area contributed by atoms with Crippen molar-refractivity contribution in [3.05, 3.63) is 0 Å². The van der Waals surface area contributed by atoms with E-state index in [0.717, 1.165) is 83.8 Å². The van der Waals surface area contributed by atoms with Crippen LogP contribution in [0, 0.1) is 41.4 Å². The summed E-state index contributed by atoms with van der Waals surface area (Å²) >= 11 is 0. The maximum Gasteiger partial charge on any atom is 0.213 e. The molecule has 4 aliphatic heterocycles. The van der Waals surface area contributed by atoms with Crippen LogP contribution < -0.4 is 37.2 Å². The van der Waals surface area contributed by atoms with Gasteiger partial charge in [-0.2, -0.15) is 0 Å². The molecule has 1 saturated carbocycles. The zero-order valence-corrected chi connectivity index (χ0v) is 40.1. The molecule has 17 heteroatoms. The normalized spacial score (nSPS) is 34.3. The molecule has 0 radical (unpaired) electrons. The Bertz CT molecular complexity index is 1340. The van der Waals surface area contributed by atoms with E-state index in [1.165, 1.54) is 19.9 Å². The third-order valence-electron chi connectivity index (χ3n) is 15.1. The molecule has 0 bridgehead atoms. The van der Waals surface area contributed by atoms with E-state index in [4.69, 9.17) is 19.2 Å². The zero-order chi connectivity index (χ0) is 45.8. The molecule has 368 valence electrons. The van der Waals surface area contributed by atoms with Crippen LogP contribution in [-0.2, 0) is 14.2 Å². The van der Waals surface area contributed by atoms with E-state index in [1.54, 1.807) is 6.92 Å². The second-order valence-corrected chi connectivity index (χ2v) is 20.6. The summed E-state index contributed by atoms with van der Waals surface area (Å²) in [7, 11) is 2.86. The van der Waals surface area contributed by atoms with Crippen molar-refractivity contribution >= 4 is 5.71 Å². The third-order valence-corrected chi connectivity index (χ3v) is 15.1. The van der Waals surface area contributed by atoms with Gasteiger partial charge in [-0.05, 0) is 119 Å². The number of aliphatic hydroxyl groups is 4. The van der Waals surface area contributed by atoms with Gasteiger partial charge in [-0.1, -0.05) is 41.5 Å². The van der Waals surface area contributed by atoms with Gasteiger partial charge in [0.15, 0.2) is 0 Å². The van der Waals surface area contributed by atoms with Crippen molar-refractivity contribution in [3.8, 4) is 0 Å². The molecular weight excluding hydrogens is 810 g/mol. The molecule has 0 aromatic rings. The molecule has 0 spiro atoms. The number of hydrogen-bond donors (Lipinski definition) is 11. The van der Waals surface area contributed by atoms with Crippen molar-refractivity contribution in [2.75, 3.05) is 47.0 Å². The smallest absolute Gasteiger partial charge is 0.213 e. The van der Waals surface area contributed by atoms with Gasteiger partial charge in [0.25, 0.3) is 0 Å². The van der Waals surface area contributed by atoms with Gasteiger partial charge in [0.1, 0.15) is 24.8 Å². The second-order valence-electron chi connectivity index (χ2n) is 20.6. The number of likely N-dealkylation sites (tertiary alicyclic amines) is 1. The Hall–Kier alpha value is -1.00. The highest BCUT2D eigenvalue weighted by Crippen LogP contribution is 2.38. The number of aliphatic imine (C=N–C) groups is 1. The van der Waals surface area contributed by atoms with Crippen LogP contribution in [0.5, 0.6) is 0 Å². The lowest BCUT2D eigenvalue weighted by molar-refractivity contribution is -0.133. The molecule has 0 amide bonds. The summed E-state index contributed by atoms with van der Waals surface area (Å²) in [5.74, 6) is 2.11. The topological polar surface area (TPSA) is 208 Å². The molecule has 4 heterocycles. The molecule has 11 N–H and O–H groups in total. The number of methoxy groups -OCH3 is 2. The average Bonchev–Trinajstić information content (AvgIpc) is 4.06. The van der Waals surface area contributed by atoms with Crippen LogP contribution in [0.4, 0.5) is 4.39 Å². The SMILES string of the molecule is COC(O)NC(C(C)C)C(O)NCC1N=C(C2CCC3NC(C(C)CCC(C)F)OCC(CCC(C)C4CNC(C5CCCN5C(O)C(NC(O)OC)C(C)C)N4)CCC3C2)CN1. The minimum absolute atomic E-state index is 0.0588. The molecule has 1 aliphatic carbocycles. The minimum Gasteiger partial charge on any atom is -0.377 e. The Balaban J connectivity index is 1.17. The molecular formula is C46H90FN9O7. The Morgan fingerprint density at radius 3 is 2.24 bits per heavy atom. The van der Waals surface area contributed by atoms with Gasteiger partial charge in [0, 0.05) is 64.2 Å². The molecule has 0 aromatic heterocycles. The quantitative estimate of drug-likeness (QED) is 0.0629. The first-order valence-corrected chi connectivity index (χ1v) is 24.7. The van der Waals surface area contributed by atoms with Gasteiger partial charge in [-0.25, -0.2) is 4.39 Å². The first-order chi connectivity index (χ1) is 30.1. The number of ether oxygens (including phenoxy) is 3. The summed E-state index contributed by atoms with van der Waals surface area (Å²) in [6, 6.07) is 0.0659. The van der Waals surface area contributed by atoms with Crippen LogP contribution in [0.3, 0.4) is 0 Å². The Morgan fingerprint density at radius 2 is 1.56 bits per heavy atom. The van der Waals surface area contributed by atoms with E-state index in [-0.39, 0.29) is 48.4 Å². The van der Waals surface area contributed by atoms with Gasteiger partial charge >= 0.3 is 0 Å². The highest BCUT2D eigenvalue weighted by atomic mass is 19.1. The van der Waals surface area contributed by atoms with Gasteiger partial charge in [0.2, 0.25) is 12.8 Å². The molecule has 16 nitrogen and oxygen atoms in total. The standard InChI is InChI=1S/C46H90FN9O7/c1-26(2)39(54-45(59)61-8)42(57)50-24-38-48-23-36(51-38)33-18-19-34-32(21-33)17-16-31(25-63-43(53-34)29(6)12-14-30(7)47)15-13-28(5)35-22-49-41(52-35)37-11-10-20-56(37)44(58)40(27(3)4)55-46(60)62-9/h26-35,37-46,48-50,52-55,57-60H,10-25H2,1-9H3. The lowest BCUT2D eigenvalue weighted by atomic mass is 9.73. The first kappa shape index (κ1) is 53.0. The van der Waals surface area contributed by atoms with Gasteiger partial charge in [-0.3, -0.25) is 47.1 Å². The Labute approximate surface area is 378 Å². The van der Waals surface area contributed by atoms with Crippen molar-refractivity contribution in [1.82, 2.24) is 42.1 Å². The fourth-order valence-electron chi connectivity index (χ4n) is 10.9. The molecule has 63 heavy (non-hydrogen) atoms. The van der Waals surface area contributed by atoms with Crippen LogP contribution in [0.2, 0.25) is 0 Å². The van der Waals surface area contributed by atoms with E-state index >= 15 is 0 Å². The van der Waals surface area contributed by atoms with Crippen LogP contribution in [0.25, 0.3) is 0 Å². The molecule has 4 fully saturated rings. The number of nitrogens with one attached hydrogen (secondary N) is 7. The largest absolute Gasteiger partial charge is 0.377 e. The number of aliphatic hydroxyl groups excluding tert-OH is 4. The maximum absolute atomic E-state index is 14.0. The monoisotopic (exact) mass is 900 g/mol. The summed E-state index contributed by atoms with van der Waals surface area (Å²) in [5.41, 5.74) is 1.22. The van der Waals surface area contributed by atoms with Crippen LogP contribution in [0.1, 0.15) is 119 Å². The van der Waals surface area contributed by atoms with Crippen molar-refractivity contribution in [2.24, 2.45) is 46.4 Å². The lowest BCUT2D eigenvalue weighted by Crippen LogP contribution is -2.60. The first-order valence-electron chi connectivity index (χ1n) is 24.7. The van der Waals surface area contributed by atoms with Crippen molar-refractivity contribution < 1.29 is 39.0 Å². The summed E-state index contributed by atoms with van der Waals surface area (Å²) in [6.07, 6.45) is 6.01. The summed E-state index contributed by atoms with van der Waals surface area (Å²) in [5, 5.41) is 67.0. The number of alkyl halides is 1. The number of rotatable bonds is 24. The number of halogens is 1. The van der Waals surface area contributed by atoms with Gasteiger partial charge < -0.3 is 34.6 Å². The molecule has 3 saturated heterocycles. The third kappa shape index (κ3) is 15.5. The lowest BCUT2D eigenvalue weighted by Gasteiger charge is -2.39.